The molecule has 1 unspecified atom stereocenters. The first kappa shape index (κ1) is 17.5. The average molecular weight is 426 g/mol. The second-order valence-corrected chi connectivity index (χ2v) is 8.40. The summed E-state index contributed by atoms with van der Waals surface area (Å²) in [5.74, 6) is 0.429. The molecule has 0 amide bonds. The molecule has 19 heavy (non-hydrogen) atoms. The van der Waals surface area contributed by atoms with Crippen molar-refractivity contribution >= 4 is 68.5 Å². The minimum atomic E-state index is 0.154. The van der Waals surface area contributed by atoms with E-state index in [4.69, 9.17) is 0 Å². The highest BCUT2D eigenvalue weighted by atomic mass is 79.9. The number of thiophene rings is 1. The molecule has 0 aromatic carbocycles. The second-order valence-electron chi connectivity index (χ2n) is 4.41. The second kappa shape index (κ2) is 8.65. The Morgan fingerprint density at radius 3 is 2.74 bits per heavy atom. The van der Waals surface area contributed by atoms with Crippen molar-refractivity contribution in [1.82, 2.24) is 0 Å². The summed E-state index contributed by atoms with van der Waals surface area (Å²) in [7, 11) is 1.45. The monoisotopic (exact) mass is 424 g/mol. The summed E-state index contributed by atoms with van der Waals surface area (Å²) in [6.07, 6.45) is 4.16. The van der Waals surface area contributed by atoms with E-state index in [1.54, 1.807) is 0 Å². The van der Waals surface area contributed by atoms with E-state index in [0.717, 1.165) is 44.1 Å². The molecule has 5 heteroatoms. The van der Waals surface area contributed by atoms with Gasteiger partial charge in [0.2, 0.25) is 0 Å². The van der Waals surface area contributed by atoms with Gasteiger partial charge in [-0.2, -0.15) is 0 Å². The molecule has 106 valence electrons. The van der Waals surface area contributed by atoms with Crippen molar-refractivity contribution in [3.05, 3.63) is 20.7 Å². The first-order valence-corrected chi connectivity index (χ1v) is 10.6. The van der Waals surface area contributed by atoms with Gasteiger partial charge >= 0.3 is 0 Å². The smallest absolute Gasteiger partial charge is 0.175 e. The SMILES string of the molecule is C=c1sc(C(=O)C(CC)CCCC)c/c1=C(\Br)SBr. The van der Waals surface area contributed by atoms with Crippen LogP contribution < -0.4 is 9.75 Å². The Morgan fingerprint density at radius 2 is 2.21 bits per heavy atom. The number of halogens is 2. The first-order valence-electron chi connectivity index (χ1n) is 6.36. The first-order chi connectivity index (χ1) is 9.04. The predicted molar refractivity (Wildman–Crippen MR) is 95.6 cm³/mol. The predicted octanol–water partition coefficient (Wildman–Crippen LogP) is 5.06. The van der Waals surface area contributed by atoms with Gasteiger partial charge in [-0.05, 0) is 59.8 Å². The third-order valence-electron chi connectivity index (χ3n) is 3.10. The normalized spacial score (nSPS) is 14.3. The number of ketones is 1. The van der Waals surface area contributed by atoms with Gasteiger partial charge in [-0.1, -0.05) is 33.3 Å². The van der Waals surface area contributed by atoms with Gasteiger partial charge in [-0.25, -0.2) is 0 Å². The largest absolute Gasteiger partial charge is 0.293 e. The lowest BCUT2D eigenvalue weighted by molar-refractivity contribution is 0.0912. The molecule has 1 aromatic rings. The van der Waals surface area contributed by atoms with Gasteiger partial charge in [-0.15, -0.1) is 11.3 Å². The van der Waals surface area contributed by atoms with E-state index in [1.165, 1.54) is 21.5 Å². The summed E-state index contributed by atoms with van der Waals surface area (Å²) in [6, 6.07) is 1.96. The van der Waals surface area contributed by atoms with E-state index in [-0.39, 0.29) is 11.7 Å². The van der Waals surface area contributed by atoms with Crippen LogP contribution in [0.4, 0.5) is 0 Å². The van der Waals surface area contributed by atoms with Crippen LogP contribution in [0.2, 0.25) is 0 Å². The highest BCUT2D eigenvalue weighted by Crippen LogP contribution is 2.28. The third-order valence-corrected chi connectivity index (χ3v) is 7.65. The van der Waals surface area contributed by atoms with Crippen molar-refractivity contribution in [3.8, 4) is 0 Å². The molecule has 0 bridgehead atoms. The van der Waals surface area contributed by atoms with E-state index in [1.807, 2.05) is 6.07 Å². The summed E-state index contributed by atoms with van der Waals surface area (Å²) in [4.78, 5) is 13.3. The summed E-state index contributed by atoms with van der Waals surface area (Å²) >= 11 is 8.31. The molecule has 1 atom stereocenters. The highest BCUT2D eigenvalue weighted by Gasteiger charge is 2.19. The van der Waals surface area contributed by atoms with Gasteiger partial charge in [0.05, 0.1) is 8.69 Å². The van der Waals surface area contributed by atoms with Crippen molar-refractivity contribution in [2.24, 2.45) is 5.92 Å². The van der Waals surface area contributed by atoms with Crippen LogP contribution in [0, 0.1) is 5.92 Å². The summed E-state index contributed by atoms with van der Waals surface area (Å²) in [5, 5.41) is 1.01. The van der Waals surface area contributed by atoms with Crippen LogP contribution in [0.5, 0.6) is 0 Å². The summed E-state index contributed by atoms with van der Waals surface area (Å²) < 4.78 is 1.90. The Bertz CT molecular complexity index is 536. The molecular formula is C14H18Br2OS2. The maximum atomic E-state index is 12.5. The topological polar surface area (TPSA) is 17.1 Å². The van der Waals surface area contributed by atoms with Crippen LogP contribution in [0.25, 0.3) is 10.4 Å². The van der Waals surface area contributed by atoms with Crippen molar-refractivity contribution < 1.29 is 4.79 Å². The Hall–Kier alpha value is 0.420. The molecular weight excluding hydrogens is 408 g/mol. The van der Waals surface area contributed by atoms with Gasteiger partial charge in [0, 0.05) is 15.7 Å². The molecule has 1 nitrogen and oxygen atoms in total. The molecule has 0 saturated carbocycles. The number of Topliss-reactive ketones (excluding diaryl/α,β-unsaturated/α-hetero) is 1. The van der Waals surface area contributed by atoms with Gasteiger partial charge in [-0.3, -0.25) is 4.79 Å². The molecule has 0 fully saturated rings. The van der Waals surface area contributed by atoms with E-state index < -0.39 is 0 Å². The van der Waals surface area contributed by atoms with Crippen molar-refractivity contribution in [3.63, 3.8) is 0 Å². The molecule has 0 saturated heterocycles. The summed E-state index contributed by atoms with van der Waals surface area (Å²) in [6.45, 7) is 8.27. The Balaban J connectivity index is 3.04. The van der Waals surface area contributed by atoms with Crippen LogP contribution in [0.3, 0.4) is 0 Å². The minimum absolute atomic E-state index is 0.154. The van der Waals surface area contributed by atoms with Crippen molar-refractivity contribution in [2.75, 3.05) is 0 Å². The van der Waals surface area contributed by atoms with E-state index in [2.05, 4.69) is 51.2 Å². The molecule has 0 N–H and O–H groups in total. The number of carbonyl (C=O) groups excluding carboxylic acids is 1. The van der Waals surface area contributed by atoms with Crippen LogP contribution in [0.15, 0.2) is 6.07 Å². The maximum absolute atomic E-state index is 12.5. The molecule has 1 heterocycles. The fourth-order valence-corrected chi connectivity index (χ4v) is 4.25. The van der Waals surface area contributed by atoms with E-state index >= 15 is 0 Å². The minimum Gasteiger partial charge on any atom is -0.293 e. The van der Waals surface area contributed by atoms with Gasteiger partial charge in [0.1, 0.15) is 0 Å². The number of hydrogen-bond donors (Lipinski definition) is 0. The quantitative estimate of drug-likeness (QED) is 0.567. The maximum Gasteiger partial charge on any atom is 0.175 e. The fraction of sp³-hybridized carbons (Fsp3) is 0.500. The molecule has 0 spiro atoms. The van der Waals surface area contributed by atoms with Crippen LogP contribution >= 0.6 is 52.3 Å². The van der Waals surface area contributed by atoms with Crippen molar-refractivity contribution in [2.45, 2.75) is 39.5 Å². The van der Waals surface area contributed by atoms with Crippen LogP contribution in [0.1, 0.15) is 49.2 Å². The Kier molecular flexibility index (Phi) is 7.95. The lowest BCUT2D eigenvalue weighted by Gasteiger charge is -2.11. The fourth-order valence-electron chi connectivity index (χ4n) is 1.93. The van der Waals surface area contributed by atoms with Gasteiger partial charge in [0.25, 0.3) is 0 Å². The van der Waals surface area contributed by atoms with E-state index in [0.29, 0.717) is 0 Å². The average Bonchev–Trinajstić information content (AvgIpc) is 2.80. The van der Waals surface area contributed by atoms with Gasteiger partial charge < -0.3 is 0 Å². The molecule has 0 radical (unpaired) electrons. The Morgan fingerprint density at radius 1 is 1.53 bits per heavy atom. The molecule has 0 aliphatic carbocycles. The lowest BCUT2D eigenvalue weighted by atomic mass is 9.94. The zero-order chi connectivity index (χ0) is 14.4. The Labute approximate surface area is 138 Å². The highest BCUT2D eigenvalue weighted by molar-refractivity contribution is 9.53. The number of unbranched alkanes of at least 4 members (excludes halogenated alkanes) is 1. The van der Waals surface area contributed by atoms with Crippen molar-refractivity contribution in [1.29, 1.82) is 0 Å². The van der Waals surface area contributed by atoms with E-state index in [9.17, 15) is 4.79 Å². The molecule has 0 aliphatic heterocycles. The molecule has 1 rings (SSSR count). The number of hydrogen-bond acceptors (Lipinski definition) is 3. The zero-order valence-corrected chi connectivity index (χ0v) is 16.0. The van der Waals surface area contributed by atoms with Crippen LogP contribution in [-0.4, -0.2) is 5.78 Å². The number of rotatable bonds is 7. The number of carbonyl (C=O) groups is 1. The van der Waals surface area contributed by atoms with Crippen LogP contribution in [-0.2, 0) is 0 Å². The van der Waals surface area contributed by atoms with Gasteiger partial charge in [0.15, 0.2) is 5.78 Å². The molecule has 1 aromatic heterocycles. The molecule has 0 aliphatic rings. The lowest BCUT2D eigenvalue weighted by Crippen LogP contribution is -2.16. The summed E-state index contributed by atoms with van der Waals surface area (Å²) in [5.41, 5.74) is 0. The third kappa shape index (κ3) is 4.73. The standard InChI is InChI=1S/C14H18Br2OS2/c1-4-6-7-10(5-2)13(17)12-8-11(9(3)18-12)14(15)19-16/h8,10H,3-7H2,1-2H3/b14-11-. The zero-order valence-electron chi connectivity index (χ0n) is 11.2.